The van der Waals surface area contributed by atoms with Gasteiger partial charge in [-0.25, -0.2) is 19.2 Å². The number of rotatable bonds is 5. The Kier molecular flexibility index (Phi) is 6.40. The van der Waals surface area contributed by atoms with Gasteiger partial charge in [-0.05, 0) is 36.8 Å². The van der Waals surface area contributed by atoms with Gasteiger partial charge in [-0.3, -0.25) is 5.32 Å². The second-order valence-corrected chi connectivity index (χ2v) is 8.81. The van der Waals surface area contributed by atoms with Crippen molar-refractivity contribution in [1.29, 1.82) is 0 Å². The fourth-order valence-electron chi connectivity index (χ4n) is 3.73. The fraction of sp³-hybridized carbons (Fsp3) is 0.381. The van der Waals surface area contributed by atoms with E-state index in [1.807, 2.05) is 6.92 Å². The number of nitrogens with zero attached hydrogens (tertiary/aromatic N) is 4. The zero-order valence-electron chi connectivity index (χ0n) is 17.4. The number of urea groups is 1. The Morgan fingerprint density at radius 3 is 2.91 bits per heavy atom. The van der Waals surface area contributed by atoms with Crippen LogP contribution in [0.5, 0.6) is 5.75 Å². The molecule has 2 aromatic heterocycles. The summed E-state index contributed by atoms with van der Waals surface area (Å²) in [6, 6.07) is 5.66. The minimum atomic E-state index is -0.953. The number of piperazine rings is 1. The van der Waals surface area contributed by atoms with Crippen molar-refractivity contribution < 1.29 is 24.5 Å². The molecule has 4 rings (SSSR count). The van der Waals surface area contributed by atoms with Gasteiger partial charge in [0.05, 0.1) is 22.9 Å². The van der Waals surface area contributed by atoms with E-state index in [2.05, 4.69) is 15.3 Å². The summed E-state index contributed by atoms with van der Waals surface area (Å²) in [5.41, 5.74) is 1.19. The predicted octanol–water partition coefficient (Wildman–Crippen LogP) is 2.17. The van der Waals surface area contributed by atoms with Crippen LogP contribution in [-0.4, -0.2) is 74.6 Å². The number of carbonyl (C=O) groups excluding carboxylic acids is 1. The average molecular weight is 462 g/mol. The lowest BCUT2D eigenvalue weighted by Gasteiger charge is -2.40. The van der Waals surface area contributed by atoms with Gasteiger partial charge in [-0.15, -0.1) is 0 Å². The second kappa shape index (κ2) is 9.23. The van der Waals surface area contributed by atoms with Crippen LogP contribution >= 0.6 is 11.3 Å². The van der Waals surface area contributed by atoms with E-state index in [-0.39, 0.29) is 30.1 Å². The number of thiazole rings is 1. The van der Waals surface area contributed by atoms with Gasteiger partial charge in [0.15, 0.2) is 16.8 Å². The van der Waals surface area contributed by atoms with Crippen molar-refractivity contribution in [3.63, 3.8) is 0 Å². The van der Waals surface area contributed by atoms with E-state index in [4.69, 9.17) is 5.11 Å². The number of benzene rings is 1. The zero-order valence-corrected chi connectivity index (χ0v) is 18.2. The average Bonchev–Trinajstić information content (AvgIpc) is 3.14. The van der Waals surface area contributed by atoms with Crippen molar-refractivity contribution in [3.8, 4) is 5.75 Å². The highest BCUT2D eigenvalue weighted by Gasteiger charge is 2.30. The molecule has 1 aliphatic rings. The largest absolute Gasteiger partial charge is 0.508 e. The van der Waals surface area contributed by atoms with E-state index in [1.165, 1.54) is 23.6 Å². The minimum absolute atomic E-state index is 0.121. The number of anilines is 2. The van der Waals surface area contributed by atoms with E-state index in [0.717, 1.165) is 4.70 Å². The molecule has 0 bridgehead atoms. The van der Waals surface area contributed by atoms with Crippen LogP contribution in [0.3, 0.4) is 0 Å². The van der Waals surface area contributed by atoms with Crippen LogP contribution in [0.1, 0.15) is 12.5 Å². The Hall–Kier alpha value is -3.02. The lowest BCUT2D eigenvalue weighted by molar-refractivity contribution is 0.0954. The third-order valence-corrected chi connectivity index (χ3v) is 6.27. The number of phenolic OH excluding ortho intramolecular Hbond substituents is 1. The highest BCUT2D eigenvalue weighted by atomic mass is 32.1. The first kappa shape index (κ1) is 22.2. The highest BCUT2D eigenvalue weighted by Crippen LogP contribution is 2.29. The maximum absolute atomic E-state index is 14.6. The number of aromatic hydroxyl groups is 1. The van der Waals surface area contributed by atoms with Gasteiger partial charge in [0, 0.05) is 38.3 Å². The molecule has 1 aromatic carbocycles. The molecule has 0 saturated carbocycles. The topological polar surface area (TPSA) is 122 Å². The number of aromatic nitrogens is 2. The van der Waals surface area contributed by atoms with Crippen molar-refractivity contribution in [2.24, 2.45) is 0 Å². The number of pyridine rings is 1. The first-order valence-electron chi connectivity index (χ1n) is 10.2. The maximum Gasteiger partial charge on any atom is 0.324 e. The molecular formula is C21H24FN5O4S. The summed E-state index contributed by atoms with van der Waals surface area (Å²) in [5, 5.41) is 31.3. The second-order valence-electron chi connectivity index (χ2n) is 7.78. The highest BCUT2D eigenvalue weighted by molar-refractivity contribution is 7.22. The molecule has 9 nitrogen and oxygen atoms in total. The van der Waals surface area contributed by atoms with Crippen molar-refractivity contribution in [2.45, 2.75) is 25.5 Å². The van der Waals surface area contributed by atoms with E-state index in [1.54, 1.807) is 28.0 Å². The normalized spacial score (nSPS) is 17.6. The quantitative estimate of drug-likeness (QED) is 0.459. The lowest BCUT2D eigenvalue weighted by atomic mass is 10.1. The molecule has 32 heavy (non-hydrogen) atoms. The van der Waals surface area contributed by atoms with Crippen LogP contribution in [0.2, 0.25) is 0 Å². The SMILES string of the molecule is C[C@H]1CN(c2ncc(C[C@H](O)CO)cc2F)CCN1C(=O)Nc1nc2ccc(O)cc2s1. The number of aliphatic hydroxyl groups excluding tert-OH is 2. The third kappa shape index (κ3) is 4.74. The maximum atomic E-state index is 14.6. The van der Waals surface area contributed by atoms with Crippen molar-refractivity contribution in [3.05, 3.63) is 41.8 Å². The third-order valence-electron chi connectivity index (χ3n) is 5.33. The van der Waals surface area contributed by atoms with E-state index in [9.17, 15) is 19.4 Å². The Morgan fingerprint density at radius 1 is 1.38 bits per heavy atom. The molecule has 11 heteroatoms. The summed E-state index contributed by atoms with van der Waals surface area (Å²) in [6.45, 7) is 2.68. The van der Waals surface area contributed by atoms with Gasteiger partial charge in [0.25, 0.3) is 0 Å². The number of halogens is 1. The van der Waals surface area contributed by atoms with Gasteiger partial charge < -0.3 is 25.1 Å². The van der Waals surface area contributed by atoms with Crippen LogP contribution in [0.15, 0.2) is 30.5 Å². The lowest BCUT2D eigenvalue weighted by Crippen LogP contribution is -2.55. The van der Waals surface area contributed by atoms with Crippen LogP contribution in [-0.2, 0) is 6.42 Å². The number of fused-ring (bicyclic) bond motifs is 1. The van der Waals surface area contributed by atoms with Crippen LogP contribution in [0, 0.1) is 5.82 Å². The standard InChI is InChI=1S/C21H24FN5O4S/c1-12-10-26(19-16(22)7-13(9-23-19)6-15(30)11-28)4-5-27(12)21(31)25-20-24-17-3-2-14(29)8-18(17)32-20/h2-3,7-9,12,15,28-30H,4-6,10-11H2,1H3,(H,24,25,31)/t12-,15-/m0/s1. The number of aliphatic hydroxyl groups is 2. The summed E-state index contributed by atoms with van der Waals surface area (Å²) in [5.74, 6) is -0.164. The first-order chi connectivity index (χ1) is 15.3. The number of carbonyl (C=O) groups is 1. The van der Waals surface area contributed by atoms with Crippen LogP contribution in [0.25, 0.3) is 10.2 Å². The number of hydrogen-bond donors (Lipinski definition) is 4. The minimum Gasteiger partial charge on any atom is -0.508 e. The Labute approximate surface area is 187 Å². The molecule has 3 aromatic rings. The summed E-state index contributed by atoms with van der Waals surface area (Å²) in [6.07, 6.45) is 0.660. The molecular weight excluding hydrogens is 437 g/mol. The molecule has 1 saturated heterocycles. The molecule has 0 aliphatic carbocycles. The summed E-state index contributed by atoms with van der Waals surface area (Å²) >= 11 is 1.28. The summed E-state index contributed by atoms with van der Waals surface area (Å²) < 4.78 is 15.4. The Balaban J connectivity index is 1.39. The van der Waals surface area contributed by atoms with Crippen molar-refractivity contribution >= 4 is 38.5 Å². The monoisotopic (exact) mass is 461 g/mol. The molecule has 2 amide bonds. The van der Waals surface area contributed by atoms with Gasteiger partial charge in [-0.2, -0.15) is 0 Å². The fourth-order valence-corrected chi connectivity index (χ4v) is 4.62. The summed E-state index contributed by atoms with van der Waals surface area (Å²) in [4.78, 5) is 24.8. The number of nitrogens with one attached hydrogen (secondary N) is 1. The van der Waals surface area contributed by atoms with Crippen molar-refractivity contribution in [1.82, 2.24) is 14.9 Å². The van der Waals surface area contributed by atoms with Gasteiger partial charge in [0.2, 0.25) is 0 Å². The van der Waals surface area contributed by atoms with E-state index in [0.29, 0.717) is 35.8 Å². The Bertz CT molecular complexity index is 1130. The van der Waals surface area contributed by atoms with Gasteiger partial charge in [-0.1, -0.05) is 11.3 Å². The number of amides is 2. The molecule has 2 atom stereocenters. The smallest absolute Gasteiger partial charge is 0.324 e. The molecule has 170 valence electrons. The zero-order chi connectivity index (χ0) is 22.8. The number of phenols is 1. The van der Waals surface area contributed by atoms with Crippen LogP contribution < -0.4 is 10.2 Å². The molecule has 0 unspecified atom stereocenters. The van der Waals surface area contributed by atoms with Gasteiger partial charge in [0.1, 0.15) is 5.75 Å². The van der Waals surface area contributed by atoms with Crippen molar-refractivity contribution in [2.75, 3.05) is 36.5 Å². The molecule has 4 N–H and O–H groups in total. The molecule has 3 heterocycles. The Morgan fingerprint density at radius 2 is 2.19 bits per heavy atom. The number of hydrogen-bond acceptors (Lipinski definition) is 8. The molecule has 1 aliphatic heterocycles. The molecule has 1 fully saturated rings. The molecule has 0 radical (unpaired) electrons. The van der Waals surface area contributed by atoms with Gasteiger partial charge >= 0.3 is 6.03 Å². The predicted molar refractivity (Wildman–Crippen MR) is 120 cm³/mol. The van der Waals surface area contributed by atoms with E-state index < -0.39 is 18.5 Å². The molecule has 0 spiro atoms. The summed E-state index contributed by atoms with van der Waals surface area (Å²) in [7, 11) is 0. The van der Waals surface area contributed by atoms with E-state index >= 15 is 0 Å². The van der Waals surface area contributed by atoms with Crippen LogP contribution in [0.4, 0.5) is 20.1 Å². The first-order valence-corrected chi connectivity index (χ1v) is 11.0.